The van der Waals surface area contributed by atoms with Gasteiger partial charge < -0.3 is 5.32 Å². The topological polar surface area (TPSA) is 94.3 Å². The summed E-state index contributed by atoms with van der Waals surface area (Å²) in [7, 11) is 0. The number of aryl methyl sites for hydroxylation is 2. The fourth-order valence-corrected chi connectivity index (χ4v) is 2.15. The molecule has 2 aromatic rings. The zero-order chi connectivity index (χ0) is 18.9. The summed E-state index contributed by atoms with van der Waals surface area (Å²) in [5, 5.41) is 15.3. The van der Waals surface area contributed by atoms with Gasteiger partial charge in [-0.15, -0.1) is 0 Å². The molecule has 0 unspecified atom stereocenters. The highest BCUT2D eigenvalue weighted by atomic mass is 16.2. The van der Waals surface area contributed by atoms with Gasteiger partial charge in [0.1, 0.15) is 0 Å². The average Bonchev–Trinajstić information content (AvgIpc) is 2.63. The molecule has 6 heteroatoms. The van der Waals surface area contributed by atoms with E-state index in [-0.39, 0.29) is 24.7 Å². The van der Waals surface area contributed by atoms with Gasteiger partial charge >= 0.3 is 0 Å². The van der Waals surface area contributed by atoms with Gasteiger partial charge in [-0.2, -0.15) is 10.4 Å². The molecule has 0 radical (unpaired) electrons. The van der Waals surface area contributed by atoms with Gasteiger partial charge in [0.05, 0.1) is 17.8 Å². The quantitative estimate of drug-likeness (QED) is 0.620. The third kappa shape index (κ3) is 5.87. The minimum Gasteiger partial charge on any atom is -0.326 e. The number of carbonyl (C=O) groups excluding carboxylic acids is 2. The Morgan fingerprint density at radius 1 is 1.04 bits per heavy atom. The second-order valence-electron chi connectivity index (χ2n) is 5.87. The molecule has 0 aliphatic rings. The van der Waals surface area contributed by atoms with Crippen molar-refractivity contribution in [2.75, 3.05) is 5.32 Å². The van der Waals surface area contributed by atoms with E-state index in [2.05, 4.69) is 15.8 Å². The Morgan fingerprint density at radius 2 is 1.73 bits per heavy atom. The van der Waals surface area contributed by atoms with Crippen LogP contribution in [-0.4, -0.2) is 18.0 Å². The number of hydrogen-bond acceptors (Lipinski definition) is 4. The largest absolute Gasteiger partial charge is 0.326 e. The Hall–Kier alpha value is -3.46. The minimum atomic E-state index is -0.342. The van der Waals surface area contributed by atoms with Crippen molar-refractivity contribution in [3.8, 4) is 6.07 Å². The lowest BCUT2D eigenvalue weighted by molar-refractivity contribution is -0.124. The fourth-order valence-electron chi connectivity index (χ4n) is 2.15. The van der Waals surface area contributed by atoms with Crippen LogP contribution in [0.15, 0.2) is 47.6 Å². The van der Waals surface area contributed by atoms with Crippen molar-refractivity contribution in [2.24, 2.45) is 5.10 Å². The van der Waals surface area contributed by atoms with Crippen LogP contribution < -0.4 is 10.7 Å². The first kappa shape index (κ1) is 18.9. The third-order valence-corrected chi connectivity index (χ3v) is 3.81. The molecule has 26 heavy (non-hydrogen) atoms. The minimum absolute atomic E-state index is 0.0430. The number of carbonyl (C=O) groups is 2. The van der Waals surface area contributed by atoms with Crippen molar-refractivity contribution >= 4 is 23.7 Å². The summed E-state index contributed by atoms with van der Waals surface area (Å²) in [6.07, 6.45) is 1.60. The molecule has 2 N–H and O–H groups in total. The van der Waals surface area contributed by atoms with E-state index < -0.39 is 0 Å². The van der Waals surface area contributed by atoms with Crippen molar-refractivity contribution in [2.45, 2.75) is 26.7 Å². The molecular weight excluding hydrogens is 328 g/mol. The molecule has 0 atom stereocenters. The lowest BCUT2D eigenvalue weighted by Gasteiger charge is -2.07. The van der Waals surface area contributed by atoms with Crippen molar-refractivity contribution in [1.82, 2.24) is 5.43 Å². The fraction of sp³-hybridized carbons (Fsp3) is 0.200. The van der Waals surface area contributed by atoms with Gasteiger partial charge in [-0.1, -0.05) is 18.2 Å². The summed E-state index contributed by atoms with van der Waals surface area (Å²) in [6, 6.07) is 14.5. The number of hydrogen-bond donors (Lipinski definition) is 2. The van der Waals surface area contributed by atoms with E-state index >= 15 is 0 Å². The van der Waals surface area contributed by atoms with Gasteiger partial charge in [0, 0.05) is 18.5 Å². The Labute approximate surface area is 152 Å². The Bertz CT molecular complexity index is 864. The lowest BCUT2D eigenvalue weighted by Crippen LogP contribution is -2.20. The number of anilines is 1. The number of nitriles is 1. The van der Waals surface area contributed by atoms with E-state index in [4.69, 9.17) is 5.26 Å². The van der Waals surface area contributed by atoms with Crippen LogP contribution in [0.3, 0.4) is 0 Å². The van der Waals surface area contributed by atoms with Crippen molar-refractivity contribution in [3.05, 3.63) is 64.7 Å². The van der Waals surface area contributed by atoms with E-state index in [1.54, 1.807) is 24.3 Å². The average molecular weight is 348 g/mol. The van der Waals surface area contributed by atoms with Crippen LogP contribution in [0.25, 0.3) is 0 Å². The van der Waals surface area contributed by atoms with Crippen LogP contribution in [0.4, 0.5) is 5.69 Å². The number of nitrogens with zero attached hydrogens (tertiary/aromatic N) is 2. The summed E-state index contributed by atoms with van der Waals surface area (Å²) in [6.45, 7) is 3.98. The van der Waals surface area contributed by atoms with E-state index in [0.717, 1.165) is 22.4 Å². The van der Waals surface area contributed by atoms with E-state index in [1.807, 2.05) is 38.1 Å². The zero-order valence-electron chi connectivity index (χ0n) is 14.7. The number of nitrogens with one attached hydrogen (secondary N) is 2. The molecule has 0 aromatic heterocycles. The van der Waals surface area contributed by atoms with Gasteiger partial charge in [-0.05, 0) is 54.8 Å². The third-order valence-electron chi connectivity index (χ3n) is 3.81. The molecule has 0 saturated carbocycles. The molecule has 0 aliphatic heterocycles. The van der Waals surface area contributed by atoms with Crippen molar-refractivity contribution < 1.29 is 9.59 Å². The van der Waals surface area contributed by atoms with Gasteiger partial charge in [-0.3, -0.25) is 9.59 Å². The predicted octanol–water partition coefficient (Wildman–Crippen LogP) is 3.04. The van der Waals surface area contributed by atoms with Gasteiger partial charge in [-0.25, -0.2) is 5.43 Å². The Balaban J connectivity index is 1.75. The van der Waals surface area contributed by atoms with Gasteiger partial charge in [0.15, 0.2) is 0 Å². The number of benzene rings is 2. The highest BCUT2D eigenvalue weighted by Crippen LogP contribution is 2.14. The first-order valence-electron chi connectivity index (χ1n) is 8.17. The Morgan fingerprint density at radius 3 is 2.38 bits per heavy atom. The first-order valence-corrected chi connectivity index (χ1v) is 8.17. The highest BCUT2D eigenvalue weighted by molar-refractivity contribution is 5.93. The van der Waals surface area contributed by atoms with Gasteiger partial charge in [0.25, 0.3) is 0 Å². The van der Waals surface area contributed by atoms with Crippen molar-refractivity contribution in [1.29, 1.82) is 5.26 Å². The summed E-state index contributed by atoms with van der Waals surface area (Å²) in [5.74, 6) is -0.565. The smallest absolute Gasteiger partial charge is 0.240 e. The first-order chi connectivity index (χ1) is 12.5. The molecule has 0 aliphatic carbocycles. The molecule has 6 nitrogen and oxygen atoms in total. The van der Waals surface area contributed by atoms with Crippen LogP contribution in [0.5, 0.6) is 0 Å². The van der Waals surface area contributed by atoms with Crippen LogP contribution >= 0.6 is 0 Å². The van der Waals surface area contributed by atoms with Crippen molar-refractivity contribution in [3.63, 3.8) is 0 Å². The molecule has 0 heterocycles. The monoisotopic (exact) mass is 348 g/mol. The number of hydrazone groups is 1. The summed E-state index contributed by atoms with van der Waals surface area (Å²) < 4.78 is 0. The molecule has 2 amide bonds. The molecule has 132 valence electrons. The van der Waals surface area contributed by atoms with Crippen LogP contribution in [0.1, 0.15) is 35.1 Å². The number of rotatable bonds is 6. The summed E-state index contributed by atoms with van der Waals surface area (Å²) in [4.78, 5) is 23.7. The number of amides is 2. The molecule has 0 saturated heterocycles. The van der Waals surface area contributed by atoms with Gasteiger partial charge in [0.2, 0.25) is 11.8 Å². The van der Waals surface area contributed by atoms with E-state index in [9.17, 15) is 9.59 Å². The highest BCUT2D eigenvalue weighted by Gasteiger charge is 2.07. The van der Waals surface area contributed by atoms with Crippen LogP contribution in [0, 0.1) is 25.2 Å². The lowest BCUT2D eigenvalue weighted by atomic mass is 10.1. The zero-order valence-corrected chi connectivity index (χ0v) is 14.7. The normalized spacial score (nSPS) is 10.3. The van der Waals surface area contributed by atoms with Crippen LogP contribution in [0.2, 0.25) is 0 Å². The molecule has 2 rings (SSSR count). The molecule has 0 spiro atoms. The van der Waals surface area contributed by atoms with E-state index in [1.165, 1.54) is 6.21 Å². The Kier molecular flexibility index (Phi) is 6.63. The molecular formula is C20H20N4O2. The molecule has 0 fully saturated rings. The molecule has 0 bridgehead atoms. The summed E-state index contributed by atoms with van der Waals surface area (Å²) >= 11 is 0. The SMILES string of the molecule is Cc1ccc(NC(=O)CCC(=O)NN=Cc2ccc(C#N)cc2)cc1C. The maximum absolute atomic E-state index is 11.9. The maximum Gasteiger partial charge on any atom is 0.240 e. The molecule has 2 aromatic carbocycles. The van der Waals surface area contributed by atoms with E-state index in [0.29, 0.717) is 5.56 Å². The summed E-state index contributed by atoms with van der Waals surface area (Å²) in [5.41, 5.74) is 6.67. The second-order valence-corrected chi connectivity index (χ2v) is 5.87. The second kappa shape index (κ2) is 9.14. The van der Waals surface area contributed by atoms with Crippen LogP contribution in [-0.2, 0) is 9.59 Å². The predicted molar refractivity (Wildman–Crippen MR) is 101 cm³/mol. The standard InChI is InChI=1S/C20H20N4O2/c1-14-3-8-18(11-15(14)2)23-19(25)9-10-20(26)24-22-13-17-6-4-16(12-21)5-7-17/h3-8,11,13H,9-10H2,1-2H3,(H,23,25)(H,24,26). The maximum atomic E-state index is 11.9.